The summed E-state index contributed by atoms with van der Waals surface area (Å²) in [5.41, 5.74) is 1.90. The van der Waals surface area contributed by atoms with Crippen LogP contribution >= 0.6 is 11.3 Å². The minimum Gasteiger partial charge on any atom is -0.497 e. The Morgan fingerprint density at radius 3 is 2.53 bits per heavy atom. The van der Waals surface area contributed by atoms with Gasteiger partial charge in [0.25, 0.3) is 0 Å². The zero-order chi connectivity index (χ0) is 22.7. The molecule has 0 fully saturated rings. The summed E-state index contributed by atoms with van der Waals surface area (Å²) in [6, 6.07) is 14.2. The lowest BCUT2D eigenvalue weighted by Crippen LogP contribution is -2.22. The first-order chi connectivity index (χ1) is 15.5. The molecule has 2 heterocycles. The van der Waals surface area contributed by atoms with Crippen LogP contribution in [0.25, 0.3) is 6.08 Å². The van der Waals surface area contributed by atoms with Gasteiger partial charge in [-0.15, -0.1) is 11.3 Å². The van der Waals surface area contributed by atoms with Gasteiger partial charge in [0.2, 0.25) is 11.8 Å². The molecule has 0 spiro atoms. The van der Waals surface area contributed by atoms with E-state index in [1.165, 1.54) is 29.2 Å². The summed E-state index contributed by atoms with van der Waals surface area (Å²) in [7, 11) is 3.14. The second-order valence-corrected chi connectivity index (χ2v) is 7.51. The third-order valence-electron chi connectivity index (χ3n) is 4.57. The zero-order valence-electron chi connectivity index (χ0n) is 17.6. The number of benzene rings is 2. The Morgan fingerprint density at radius 1 is 1.09 bits per heavy atom. The van der Waals surface area contributed by atoms with Crippen LogP contribution in [0.15, 0.2) is 64.6 Å². The average molecular weight is 449 g/mol. The molecule has 0 aliphatic carbocycles. The van der Waals surface area contributed by atoms with Crippen molar-refractivity contribution in [2.24, 2.45) is 4.99 Å². The van der Waals surface area contributed by atoms with Crippen LogP contribution in [0.4, 0.5) is 10.8 Å². The smallest absolute Gasteiger partial charge is 0.363 e. The van der Waals surface area contributed by atoms with Gasteiger partial charge in [0.05, 0.1) is 25.6 Å². The molecule has 162 valence electrons. The summed E-state index contributed by atoms with van der Waals surface area (Å²) in [6.45, 7) is 1.46. The van der Waals surface area contributed by atoms with Crippen LogP contribution < -0.4 is 14.4 Å². The first-order valence-electron chi connectivity index (χ1n) is 9.56. The number of anilines is 2. The van der Waals surface area contributed by atoms with Crippen LogP contribution in [0.2, 0.25) is 0 Å². The molecule has 1 aliphatic rings. The number of hydrogen-bond acceptors (Lipinski definition) is 8. The second-order valence-electron chi connectivity index (χ2n) is 6.68. The van der Waals surface area contributed by atoms with Crippen LogP contribution in [0.1, 0.15) is 18.2 Å². The molecule has 0 atom stereocenters. The van der Waals surface area contributed by atoms with Gasteiger partial charge < -0.3 is 14.2 Å². The van der Waals surface area contributed by atoms with Crippen LogP contribution in [-0.4, -0.2) is 37.0 Å². The maximum atomic E-state index is 12.3. The number of methoxy groups -OCH3 is 2. The monoisotopic (exact) mass is 449 g/mol. The lowest BCUT2D eigenvalue weighted by molar-refractivity contribution is -0.130. The number of aliphatic imine (C=N–C) groups is 1. The fraction of sp³-hybridized carbons (Fsp3) is 0.130. The van der Waals surface area contributed by atoms with E-state index in [0.717, 1.165) is 0 Å². The van der Waals surface area contributed by atoms with E-state index in [-0.39, 0.29) is 17.5 Å². The number of esters is 1. The van der Waals surface area contributed by atoms with E-state index in [2.05, 4.69) is 9.98 Å². The highest BCUT2D eigenvalue weighted by molar-refractivity contribution is 7.14. The topological polar surface area (TPSA) is 90.3 Å². The van der Waals surface area contributed by atoms with Gasteiger partial charge in [0.15, 0.2) is 10.8 Å². The second kappa shape index (κ2) is 9.03. The van der Waals surface area contributed by atoms with E-state index < -0.39 is 5.97 Å². The molecule has 0 saturated carbocycles. The van der Waals surface area contributed by atoms with E-state index in [1.54, 1.807) is 68.1 Å². The quantitative estimate of drug-likeness (QED) is 0.414. The lowest BCUT2D eigenvalue weighted by Gasteiger charge is -2.18. The predicted molar refractivity (Wildman–Crippen MR) is 122 cm³/mol. The Bertz CT molecular complexity index is 1230. The van der Waals surface area contributed by atoms with Crippen molar-refractivity contribution in [1.29, 1.82) is 0 Å². The zero-order valence-corrected chi connectivity index (χ0v) is 18.4. The Labute approximate surface area is 188 Å². The van der Waals surface area contributed by atoms with Crippen LogP contribution in [-0.2, 0) is 14.3 Å². The summed E-state index contributed by atoms with van der Waals surface area (Å²) in [4.78, 5) is 34.9. The largest absolute Gasteiger partial charge is 0.497 e. The number of nitrogens with zero attached hydrogens (tertiary/aromatic N) is 3. The van der Waals surface area contributed by atoms with Crippen molar-refractivity contribution in [3.05, 3.63) is 70.9 Å². The van der Waals surface area contributed by atoms with Crippen molar-refractivity contribution in [3.8, 4) is 11.5 Å². The molecular weight excluding hydrogens is 430 g/mol. The molecule has 1 aliphatic heterocycles. The molecule has 0 N–H and O–H groups in total. The number of cyclic esters (lactones) is 1. The van der Waals surface area contributed by atoms with Gasteiger partial charge in [-0.05, 0) is 48.5 Å². The average Bonchev–Trinajstić information content (AvgIpc) is 3.41. The van der Waals surface area contributed by atoms with E-state index in [9.17, 15) is 9.59 Å². The fourth-order valence-electron chi connectivity index (χ4n) is 3.03. The number of hydrogen-bond donors (Lipinski definition) is 0. The summed E-state index contributed by atoms with van der Waals surface area (Å²) < 4.78 is 15.7. The molecule has 0 bridgehead atoms. The number of carbonyl (C=O) groups excluding carboxylic acids is 2. The van der Waals surface area contributed by atoms with Crippen molar-refractivity contribution in [3.63, 3.8) is 0 Å². The van der Waals surface area contributed by atoms with Gasteiger partial charge in [-0.1, -0.05) is 6.07 Å². The molecule has 32 heavy (non-hydrogen) atoms. The predicted octanol–water partition coefficient (Wildman–Crippen LogP) is 4.19. The van der Waals surface area contributed by atoms with Gasteiger partial charge in [-0.2, -0.15) is 0 Å². The molecule has 3 aromatic rings. The van der Waals surface area contributed by atoms with Gasteiger partial charge >= 0.3 is 5.97 Å². The van der Waals surface area contributed by atoms with E-state index in [0.29, 0.717) is 33.6 Å². The summed E-state index contributed by atoms with van der Waals surface area (Å²) in [5.74, 6) is 0.745. The molecular formula is C23H19N3O5S. The third kappa shape index (κ3) is 4.37. The maximum absolute atomic E-state index is 12.3. The van der Waals surface area contributed by atoms with E-state index in [4.69, 9.17) is 14.2 Å². The highest BCUT2D eigenvalue weighted by atomic mass is 32.1. The lowest BCUT2D eigenvalue weighted by atomic mass is 10.2. The summed E-state index contributed by atoms with van der Waals surface area (Å²) >= 11 is 1.28. The van der Waals surface area contributed by atoms with Crippen LogP contribution in [0.5, 0.6) is 11.5 Å². The van der Waals surface area contributed by atoms with E-state index in [1.807, 2.05) is 0 Å². The SMILES string of the molecule is COc1ccc(N(C(C)=O)c2nc(C=C3N=C(c4cccc(OC)c4)OC3=O)cs2)cc1. The molecule has 9 heteroatoms. The number of thiazole rings is 1. The van der Waals surface area contributed by atoms with Gasteiger partial charge in [-0.25, -0.2) is 14.8 Å². The Balaban J connectivity index is 1.61. The summed E-state index contributed by atoms with van der Waals surface area (Å²) in [6.07, 6.45) is 1.53. The van der Waals surface area contributed by atoms with Crippen LogP contribution in [0, 0.1) is 0 Å². The first kappa shape index (κ1) is 21.3. The Morgan fingerprint density at radius 2 is 1.84 bits per heavy atom. The van der Waals surface area contributed by atoms with Crippen molar-refractivity contribution in [2.75, 3.05) is 19.1 Å². The Kier molecular flexibility index (Phi) is 6.00. The van der Waals surface area contributed by atoms with E-state index >= 15 is 0 Å². The van der Waals surface area contributed by atoms with Crippen molar-refractivity contribution < 1.29 is 23.8 Å². The number of amides is 1. The van der Waals surface area contributed by atoms with Crippen molar-refractivity contribution >= 4 is 46.0 Å². The van der Waals surface area contributed by atoms with Crippen molar-refractivity contribution in [1.82, 2.24) is 4.98 Å². The maximum Gasteiger partial charge on any atom is 0.363 e. The molecule has 0 saturated heterocycles. The normalized spacial score (nSPS) is 14.2. The molecule has 4 rings (SSSR count). The number of rotatable bonds is 6. The fourth-order valence-corrected chi connectivity index (χ4v) is 3.88. The van der Waals surface area contributed by atoms with Crippen LogP contribution in [0.3, 0.4) is 0 Å². The number of aromatic nitrogens is 1. The standard InChI is InChI=1S/C23H19N3O5S/c1-14(27)26(17-7-9-18(29-2)10-8-17)23-24-16(13-32-23)12-20-22(28)31-21(25-20)15-5-4-6-19(11-15)30-3/h4-13H,1-3H3. The molecule has 0 unspecified atom stereocenters. The number of carbonyl (C=O) groups is 2. The minimum atomic E-state index is -0.573. The molecule has 0 radical (unpaired) electrons. The number of ether oxygens (including phenoxy) is 3. The molecule has 2 aromatic carbocycles. The Hall–Kier alpha value is -3.98. The first-order valence-corrected chi connectivity index (χ1v) is 10.4. The van der Waals surface area contributed by atoms with Crippen molar-refractivity contribution in [2.45, 2.75) is 6.92 Å². The van der Waals surface area contributed by atoms with Gasteiger partial charge in [-0.3, -0.25) is 9.69 Å². The minimum absolute atomic E-state index is 0.124. The molecule has 1 aromatic heterocycles. The van der Waals surface area contributed by atoms with Gasteiger partial charge in [0.1, 0.15) is 11.5 Å². The molecule has 1 amide bonds. The third-order valence-corrected chi connectivity index (χ3v) is 5.41. The summed E-state index contributed by atoms with van der Waals surface area (Å²) in [5, 5.41) is 2.21. The molecule has 8 nitrogen and oxygen atoms in total. The highest BCUT2D eigenvalue weighted by Crippen LogP contribution is 2.31. The van der Waals surface area contributed by atoms with Gasteiger partial charge in [0, 0.05) is 17.9 Å². The highest BCUT2D eigenvalue weighted by Gasteiger charge is 2.25.